The smallest absolute Gasteiger partial charge is 0.263 e. The number of nitrogens with zero attached hydrogens (tertiary/aromatic N) is 6. The highest BCUT2D eigenvalue weighted by molar-refractivity contribution is 6.04. The van der Waals surface area contributed by atoms with Gasteiger partial charge < -0.3 is 11.1 Å². The number of hydrogen-bond acceptors (Lipinski definition) is 6. The number of hydrogen-bond donors (Lipinski definition) is 2. The molecule has 4 aromatic heterocycles. The Kier molecular flexibility index (Phi) is 6.19. The first-order valence-corrected chi connectivity index (χ1v) is 12.7. The second kappa shape index (κ2) is 9.99. The van der Waals surface area contributed by atoms with Crippen molar-refractivity contribution in [2.45, 2.75) is 13.0 Å². The first kappa shape index (κ1) is 24.8. The summed E-state index contributed by atoms with van der Waals surface area (Å²) < 4.78 is 4.83. The number of aromatic nitrogens is 6. The van der Waals surface area contributed by atoms with E-state index in [0.717, 1.165) is 16.5 Å². The summed E-state index contributed by atoms with van der Waals surface area (Å²) in [4.78, 5) is 31.9. The van der Waals surface area contributed by atoms with Crippen LogP contribution in [-0.4, -0.2) is 34.9 Å². The zero-order chi connectivity index (χ0) is 27.8. The molecule has 6 aromatic rings. The van der Waals surface area contributed by atoms with Crippen LogP contribution in [0.5, 0.6) is 0 Å². The topological polar surface area (TPSA) is 125 Å². The number of nitrogens with two attached hydrogens (primary N) is 1. The number of fused-ring (bicyclic) bond motifs is 2. The molecular formula is C30H26N8O2. The molecule has 4 heterocycles. The Bertz CT molecular complexity index is 1970. The van der Waals surface area contributed by atoms with E-state index in [1.165, 1.54) is 4.52 Å². The van der Waals surface area contributed by atoms with Gasteiger partial charge in [-0.25, -0.2) is 9.50 Å². The number of pyridine rings is 1. The van der Waals surface area contributed by atoms with Crippen LogP contribution in [0.2, 0.25) is 0 Å². The molecule has 1 atom stereocenters. The van der Waals surface area contributed by atoms with Crippen molar-refractivity contribution in [2.75, 3.05) is 5.73 Å². The molecule has 0 saturated carbocycles. The van der Waals surface area contributed by atoms with E-state index < -0.39 is 11.9 Å². The maximum atomic E-state index is 14.2. The van der Waals surface area contributed by atoms with E-state index in [4.69, 9.17) is 5.73 Å². The number of amides is 1. The molecule has 0 aliphatic rings. The molecule has 198 valence electrons. The number of nitrogens with one attached hydrogen (secondary N) is 1. The van der Waals surface area contributed by atoms with Crippen LogP contribution in [0.15, 0.2) is 90.2 Å². The maximum absolute atomic E-state index is 14.2. The van der Waals surface area contributed by atoms with Gasteiger partial charge in [-0.2, -0.15) is 5.10 Å². The highest BCUT2D eigenvalue weighted by Gasteiger charge is 2.23. The lowest BCUT2D eigenvalue weighted by molar-refractivity contribution is 0.0941. The van der Waals surface area contributed by atoms with Crippen LogP contribution < -0.4 is 16.6 Å². The molecule has 0 aliphatic carbocycles. The van der Waals surface area contributed by atoms with Crippen molar-refractivity contribution in [1.29, 1.82) is 0 Å². The average Bonchev–Trinajstić information content (AvgIpc) is 3.53. The fourth-order valence-corrected chi connectivity index (χ4v) is 4.89. The van der Waals surface area contributed by atoms with Gasteiger partial charge >= 0.3 is 0 Å². The minimum Gasteiger partial charge on any atom is -0.381 e. The maximum Gasteiger partial charge on any atom is 0.263 e. The summed E-state index contributed by atoms with van der Waals surface area (Å²) in [5.41, 5.74) is 9.44. The number of rotatable bonds is 6. The van der Waals surface area contributed by atoms with Gasteiger partial charge in [0.25, 0.3) is 11.5 Å². The highest BCUT2D eigenvalue weighted by Crippen LogP contribution is 2.25. The molecule has 0 saturated heterocycles. The number of nitrogen functional groups attached to an aromatic ring is 1. The van der Waals surface area contributed by atoms with Crippen molar-refractivity contribution >= 4 is 40.3 Å². The molecule has 0 radical (unpaired) electrons. The van der Waals surface area contributed by atoms with Gasteiger partial charge in [0.15, 0.2) is 11.5 Å². The molecular weight excluding hydrogens is 504 g/mol. The summed E-state index contributed by atoms with van der Waals surface area (Å²) in [5.74, 6) is -0.355. The van der Waals surface area contributed by atoms with Crippen molar-refractivity contribution in [3.05, 3.63) is 118 Å². The lowest BCUT2D eigenvalue weighted by Crippen LogP contribution is -2.32. The van der Waals surface area contributed by atoms with Crippen LogP contribution in [0.3, 0.4) is 0 Å². The number of carbonyl (C=O) groups is 1. The van der Waals surface area contributed by atoms with Crippen molar-refractivity contribution in [3.8, 4) is 5.69 Å². The lowest BCUT2D eigenvalue weighted by atomic mass is 10.0. The molecule has 3 N–H and O–H groups in total. The fourth-order valence-electron chi connectivity index (χ4n) is 4.89. The summed E-state index contributed by atoms with van der Waals surface area (Å²) in [7, 11) is 1.86. The van der Waals surface area contributed by atoms with E-state index >= 15 is 0 Å². The van der Waals surface area contributed by atoms with Crippen LogP contribution >= 0.6 is 0 Å². The van der Waals surface area contributed by atoms with Crippen molar-refractivity contribution in [1.82, 2.24) is 34.3 Å². The molecule has 0 bridgehead atoms. The van der Waals surface area contributed by atoms with Crippen LogP contribution in [0.1, 0.15) is 40.1 Å². The predicted molar refractivity (Wildman–Crippen MR) is 155 cm³/mol. The number of carbonyl (C=O) groups excluding carboxylic acids is 1. The largest absolute Gasteiger partial charge is 0.381 e. The monoisotopic (exact) mass is 530 g/mol. The van der Waals surface area contributed by atoms with Crippen molar-refractivity contribution in [3.63, 3.8) is 0 Å². The van der Waals surface area contributed by atoms with Gasteiger partial charge in [0, 0.05) is 42.6 Å². The van der Waals surface area contributed by atoms with E-state index in [2.05, 4.69) is 20.5 Å². The molecule has 6 rings (SSSR count). The Morgan fingerprint density at radius 1 is 1.07 bits per heavy atom. The van der Waals surface area contributed by atoms with Crippen LogP contribution in [0.4, 0.5) is 5.82 Å². The molecule has 40 heavy (non-hydrogen) atoms. The van der Waals surface area contributed by atoms with Crippen molar-refractivity contribution < 1.29 is 4.79 Å². The van der Waals surface area contributed by atoms with Crippen molar-refractivity contribution in [2.24, 2.45) is 7.05 Å². The quantitative estimate of drug-likeness (QED) is 0.335. The Morgan fingerprint density at radius 3 is 2.67 bits per heavy atom. The van der Waals surface area contributed by atoms with Gasteiger partial charge in [-0.1, -0.05) is 48.6 Å². The van der Waals surface area contributed by atoms with Crippen LogP contribution in [-0.2, 0) is 7.05 Å². The fraction of sp³-hybridized carbons (Fsp3) is 0.100. The van der Waals surface area contributed by atoms with Gasteiger partial charge in [0.1, 0.15) is 5.56 Å². The Hall–Kier alpha value is -5.51. The van der Waals surface area contributed by atoms with Gasteiger partial charge in [-0.05, 0) is 42.1 Å². The SMILES string of the molecule is CC(NC(=O)c1c(N)nn2cccnc12)c1cc2cccc(/C=C/c3cnn(C)c3)c2c(=O)n1-c1ccccc1. The van der Waals surface area contributed by atoms with Gasteiger partial charge in [-0.15, -0.1) is 5.10 Å². The van der Waals surface area contributed by atoms with Gasteiger partial charge in [-0.3, -0.25) is 18.8 Å². The second-order valence-corrected chi connectivity index (χ2v) is 9.48. The molecule has 1 amide bonds. The standard InChI is InChI=1S/C30H26N8O2/c1-19(34-29(39)26-27(31)35-37-15-7-14-32-28(26)37)24-16-22-9-6-8-21(13-12-20-17-33-36(2)18-20)25(22)30(40)38(24)23-10-4-3-5-11-23/h3-19H,1-2H3,(H2,31,35)(H,34,39)/b13-12+. The molecule has 1 unspecified atom stereocenters. The van der Waals surface area contributed by atoms with E-state index in [9.17, 15) is 9.59 Å². The summed E-state index contributed by atoms with van der Waals surface area (Å²) >= 11 is 0. The number of para-hydroxylation sites is 1. The Balaban J connectivity index is 1.46. The number of anilines is 1. The van der Waals surface area contributed by atoms with Crippen LogP contribution in [0, 0.1) is 0 Å². The Morgan fingerprint density at radius 2 is 1.90 bits per heavy atom. The summed E-state index contributed by atoms with van der Waals surface area (Å²) in [5, 5.41) is 12.7. The summed E-state index contributed by atoms with van der Waals surface area (Å²) in [6.07, 6.45) is 10.8. The normalized spacial score (nSPS) is 12.3. The molecule has 0 spiro atoms. The van der Waals surface area contributed by atoms with E-state index in [1.807, 2.05) is 86.9 Å². The lowest BCUT2D eigenvalue weighted by Gasteiger charge is -2.21. The second-order valence-electron chi connectivity index (χ2n) is 9.48. The van der Waals surface area contributed by atoms with E-state index in [1.54, 1.807) is 33.9 Å². The highest BCUT2D eigenvalue weighted by atomic mass is 16.2. The third-order valence-electron chi connectivity index (χ3n) is 6.74. The molecule has 10 nitrogen and oxygen atoms in total. The Labute approximate surface area is 229 Å². The molecule has 10 heteroatoms. The number of aryl methyl sites for hydroxylation is 1. The minimum atomic E-state index is -0.558. The van der Waals surface area contributed by atoms with E-state index in [-0.39, 0.29) is 16.9 Å². The van der Waals surface area contributed by atoms with Gasteiger partial charge in [0.2, 0.25) is 0 Å². The molecule has 2 aromatic carbocycles. The zero-order valence-electron chi connectivity index (χ0n) is 21.9. The van der Waals surface area contributed by atoms with Gasteiger partial charge in [0.05, 0.1) is 17.6 Å². The summed E-state index contributed by atoms with van der Waals surface area (Å²) in [6, 6.07) is 18.2. The first-order chi connectivity index (χ1) is 19.4. The average molecular weight is 531 g/mol. The third-order valence-corrected chi connectivity index (χ3v) is 6.74. The van der Waals surface area contributed by atoms with Crippen LogP contribution in [0.25, 0.3) is 34.3 Å². The predicted octanol–water partition coefficient (Wildman–Crippen LogP) is 4.01. The minimum absolute atomic E-state index is 0.0763. The molecule has 0 fully saturated rings. The zero-order valence-corrected chi connectivity index (χ0v) is 21.9. The summed E-state index contributed by atoms with van der Waals surface area (Å²) in [6.45, 7) is 1.83. The third kappa shape index (κ3) is 4.41. The number of benzene rings is 2. The molecule has 0 aliphatic heterocycles. The first-order valence-electron chi connectivity index (χ1n) is 12.7. The van der Waals surface area contributed by atoms with E-state index in [0.29, 0.717) is 22.4 Å².